The van der Waals surface area contributed by atoms with E-state index < -0.39 is 0 Å². The Labute approximate surface area is 158 Å². The van der Waals surface area contributed by atoms with E-state index in [1.54, 1.807) is 21.7 Å². The molecule has 1 aliphatic heterocycles. The van der Waals surface area contributed by atoms with E-state index in [4.69, 9.17) is 0 Å². The molecule has 1 aromatic heterocycles. The van der Waals surface area contributed by atoms with Crippen LogP contribution in [0.5, 0.6) is 0 Å². The maximum absolute atomic E-state index is 13.1. The third-order valence-corrected chi connectivity index (χ3v) is 5.21. The third-order valence-electron chi connectivity index (χ3n) is 5.21. The molecule has 1 amide bonds. The maximum atomic E-state index is 13.1. The Morgan fingerprint density at radius 3 is 2.70 bits per heavy atom. The van der Waals surface area contributed by atoms with Crippen LogP contribution in [0.25, 0.3) is 0 Å². The average Bonchev–Trinajstić information content (AvgIpc) is 3.10. The van der Waals surface area contributed by atoms with Crippen LogP contribution >= 0.6 is 0 Å². The summed E-state index contributed by atoms with van der Waals surface area (Å²) in [6, 6.07) is 17.3. The Balaban J connectivity index is 1.66. The van der Waals surface area contributed by atoms with E-state index in [0.29, 0.717) is 18.7 Å². The van der Waals surface area contributed by atoms with Gasteiger partial charge in [0.1, 0.15) is 0 Å². The van der Waals surface area contributed by atoms with Crippen molar-refractivity contribution in [3.05, 3.63) is 99.0 Å². The highest BCUT2D eigenvalue weighted by Gasteiger charge is 2.25. The van der Waals surface area contributed by atoms with Crippen LogP contribution in [0.1, 0.15) is 32.6 Å². The Bertz CT molecular complexity index is 1080. The zero-order valence-corrected chi connectivity index (χ0v) is 15.6. The molecule has 0 fully saturated rings. The highest BCUT2D eigenvalue weighted by molar-refractivity contribution is 6.07. The minimum absolute atomic E-state index is 0.0605. The van der Waals surface area contributed by atoms with Gasteiger partial charge in [0.15, 0.2) is 0 Å². The quantitative estimate of drug-likeness (QED) is 0.716. The molecule has 136 valence electrons. The molecule has 0 aliphatic carbocycles. The number of carbonyl (C=O) groups is 1. The lowest BCUT2D eigenvalue weighted by atomic mass is 10.1. The Kier molecular flexibility index (Phi) is 4.40. The predicted molar refractivity (Wildman–Crippen MR) is 108 cm³/mol. The molecule has 0 bridgehead atoms. The zero-order chi connectivity index (χ0) is 19.0. The highest BCUT2D eigenvalue weighted by Crippen LogP contribution is 2.28. The van der Waals surface area contributed by atoms with Crippen LogP contribution in [0.2, 0.25) is 0 Å². The van der Waals surface area contributed by atoms with Gasteiger partial charge < -0.3 is 9.47 Å². The number of hydrogen-bond acceptors (Lipinski definition) is 2. The highest BCUT2D eigenvalue weighted by atomic mass is 16.2. The molecule has 27 heavy (non-hydrogen) atoms. The van der Waals surface area contributed by atoms with Gasteiger partial charge in [-0.05, 0) is 49.1 Å². The second-order valence-corrected chi connectivity index (χ2v) is 7.15. The minimum Gasteiger partial charge on any atom is -0.310 e. The standard InChI is InChI=1S/C23H22N2O2/c1-16-7-8-17(2)20(13-16)15-24-14-19(9-10-22(24)26)23(27)25-12-11-18-5-3-4-6-21(18)25/h3-10,13-14H,11-12,15H2,1-2H3. The van der Waals surface area contributed by atoms with Crippen molar-refractivity contribution in [2.45, 2.75) is 26.8 Å². The first kappa shape index (κ1) is 17.3. The first-order valence-electron chi connectivity index (χ1n) is 9.19. The summed E-state index contributed by atoms with van der Waals surface area (Å²) in [6.45, 7) is 5.21. The molecule has 2 aromatic carbocycles. The molecule has 4 nitrogen and oxygen atoms in total. The summed E-state index contributed by atoms with van der Waals surface area (Å²) < 4.78 is 1.62. The van der Waals surface area contributed by atoms with E-state index in [1.807, 2.05) is 32.0 Å². The number of amides is 1. The van der Waals surface area contributed by atoms with Gasteiger partial charge in [0.25, 0.3) is 11.5 Å². The van der Waals surface area contributed by atoms with Crippen molar-refractivity contribution in [2.75, 3.05) is 11.4 Å². The summed E-state index contributed by atoms with van der Waals surface area (Å²) in [6.07, 6.45) is 2.55. The number of pyridine rings is 1. The average molecular weight is 358 g/mol. The molecular weight excluding hydrogens is 336 g/mol. The van der Waals surface area contributed by atoms with Gasteiger partial charge in [-0.15, -0.1) is 0 Å². The first-order valence-corrected chi connectivity index (χ1v) is 9.19. The molecule has 0 spiro atoms. The van der Waals surface area contributed by atoms with Gasteiger partial charge in [0.05, 0.1) is 12.1 Å². The molecule has 4 heteroatoms. The molecular formula is C23H22N2O2. The molecule has 0 saturated heterocycles. The van der Waals surface area contributed by atoms with Crippen molar-refractivity contribution in [2.24, 2.45) is 0 Å². The molecule has 0 saturated carbocycles. The monoisotopic (exact) mass is 358 g/mol. The maximum Gasteiger partial charge on any atom is 0.259 e. The Morgan fingerprint density at radius 1 is 1.04 bits per heavy atom. The van der Waals surface area contributed by atoms with E-state index in [0.717, 1.165) is 28.8 Å². The molecule has 0 N–H and O–H groups in total. The topological polar surface area (TPSA) is 42.3 Å². The summed E-state index contributed by atoms with van der Waals surface area (Å²) in [7, 11) is 0. The number of aromatic nitrogens is 1. The van der Waals surface area contributed by atoms with Crippen LogP contribution in [-0.4, -0.2) is 17.0 Å². The van der Waals surface area contributed by atoms with Crippen LogP contribution in [0.15, 0.2) is 65.6 Å². The first-order chi connectivity index (χ1) is 13.0. The van der Waals surface area contributed by atoms with Crippen molar-refractivity contribution in [3.8, 4) is 0 Å². The van der Waals surface area contributed by atoms with Gasteiger partial charge in [-0.25, -0.2) is 0 Å². The van der Waals surface area contributed by atoms with E-state index in [2.05, 4.69) is 24.3 Å². The van der Waals surface area contributed by atoms with Gasteiger partial charge in [0, 0.05) is 24.5 Å². The lowest BCUT2D eigenvalue weighted by Gasteiger charge is -2.18. The molecule has 3 aromatic rings. The van der Waals surface area contributed by atoms with Crippen LogP contribution < -0.4 is 10.5 Å². The number of benzene rings is 2. The van der Waals surface area contributed by atoms with Crippen LogP contribution in [0, 0.1) is 13.8 Å². The van der Waals surface area contributed by atoms with E-state index in [9.17, 15) is 9.59 Å². The number of hydrogen-bond donors (Lipinski definition) is 0. The van der Waals surface area contributed by atoms with E-state index in [1.165, 1.54) is 11.6 Å². The summed E-state index contributed by atoms with van der Waals surface area (Å²) in [5.74, 6) is -0.0605. The zero-order valence-electron chi connectivity index (χ0n) is 15.6. The number of carbonyl (C=O) groups excluding carboxylic acids is 1. The SMILES string of the molecule is Cc1ccc(C)c(Cn2cc(C(=O)N3CCc4ccccc43)ccc2=O)c1. The lowest BCUT2D eigenvalue weighted by molar-refractivity contribution is 0.0988. The summed E-state index contributed by atoms with van der Waals surface area (Å²) in [4.78, 5) is 27.2. The number of fused-ring (bicyclic) bond motifs is 1. The number of aryl methyl sites for hydroxylation is 2. The smallest absolute Gasteiger partial charge is 0.259 e. The van der Waals surface area contributed by atoms with Crippen molar-refractivity contribution in [1.29, 1.82) is 0 Å². The van der Waals surface area contributed by atoms with Crippen LogP contribution in [-0.2, 0) is 13.0 Å². The van der Waals surface area contributed by atoms with Gasteiger partial charge in [-0.1, -0.05) is 42.0 Å². The second-order valence-electron chi connectivity index (χ2n) is 7.15. The van der Waals surface area contributed by atoms with Crippen molar-refractivity contribution in [1.82, 2.24) is 4.57 Å². The van der Waals surface area contributed by atoms with E-state index >= 15 is 0 Å². The summed E-state index contributed by atoms with van der Waals surface area (Å²) >= 11 is 0. The molecule has 1 aliphatic rings. The van der Waals surface area contributed by atoms with Gasteiger partial charge in [-0.3, -0.25) is 9.59 Å². The van der Waals surface area contributed by atoms with Crippen molar-refractivity contribution >= 4 is 11.6 Å². The third kappa shape index (κ3) is 3.31. The van der Waals surface area contributed by atoms with E-state index in [-0.39, 0.29) is 11.5 Å². The van der Waals surface area contributed by atoms with Crippen LogP contribution in [0.4, 0.5) is 5.69 Å². The minimum atomic E-state index is -0.103. The fourth-order valence-corrected chi connectivity index (χ4v) is 3.64. The second kappa shape index (κ2) is 6.88. The van der Waals surface area contributed by atoms with Crippen LogP contribution in [0.3, 0.4) is 0 Å². The number of anilines is 1. The van der Waals surface area contributed by atoms with Gasteiger partial charge >= 0.3 is 0 Å². The molecule has 4 rings (SSSR count). The molecule has 2 heterocycles. The molecule has 0 unspecified atom stereocenters. The largest absolute Gasteiger partial charge is 0.310 e. The molecule has 0 atom stereocenters. The predicted octanol–water partition coefficient (Wildman–Crippen LogP) is 3.72. The van der Waals surface area contributed by atoms with Gasteiger partial charge in [0.2, 0.25) is 0 Å². The Morgan fingerprint density at radius 2 is 1.85 bits per heavy atom. The summed E-state index contributed by atoms with van der Waals surface area (Å²) in [5.41, 5.74) is 5.98. The van der Waals surface area contributed by atoms with Gasteiger partial charge in [-0.2, -0.15) is 0 Å². The molecule has 0 radical (unpaired) electrons. The summed E-state index contributed by atoms with van der Waals surface area (Å²) in [5, 5.41) is 0. The number of rotatable bonds is 3. The van der Waals surface area contributed by atoms with Crippen molar-refractivity contribution in [3.63, 3.8) is 0 Å². The number of para-hydroxylation sites is 1. The normalized spacial score (nSPS) is 12.9. The van der Waals surface area contributed by atoms with Crippen molar-refractivity contribution < 1.29 is 4.79 Å². The number of nitrogens with zero attached hydrogens (tertiary/aromatic N) is 2. The fraction of sp³-hybridized carbons (Fsp3) is 0.217. The lowest BCUT2D eigenvalue weighted by Crippen LogP contribution is -2.30. The Hall–Kier alpha value is -3.14. The fourth-order valence-electron chi connectivity index (χ4n) is 3.64.